The molecule has 16 heavy (non-hydrogen) atoms. The van der Waals surface area contributed by atoms with Gasteiger partial charge in [0.05, 0.1) is 0 Å². The van der Waals surface area contributed by atoms with E-state index in [1.54, 1.807) is 0 Å². The zero-order chi connectivity index (χ0) is 11.4. The number of halogens is 1. The summed E-state index contributed by atoms with van der Waals surface area (Å²) in [6.07, 6.45) is 4.28. The Morgan fingerprint density at radius 3 is 2.62 bits per heavy atom. The summed E-state index contributed by atoms with van der Waals surface area (Å²) in [6.45, 7) is 4.60. The van der Waals surface area contributed by atoms with Crippen molar-refractivity contribution in [1.29, 1.82) is 0 Å². The predicted octanol–water partition coefficient (Wildman–Crippen LogP) is 4.21. The smallest absolute Gasteiger partial charge is 0.0407 e. The molecule has 1 fully saturated rings. The maximum Gasteiger partial charge on any atom is 0.0407 e. The van der Waals surface area contributed by atoms with Crippen molar-refractivity contribution >= 4 is 21.6 Å². The normalized spacial score (nSPS) is 15.9. The SMILES string of the molecule is CCN(CC1CCC1)c1ccccc1CBr. The van der Waals surface area contributed by atoms with Crippen LogP contribution in [0.4, 0.5) is 5.69 Å². The van der Waals surface area contributed by atoms with Crippen LogP contribution in [0.25, 0.3) is 0 Å². The molecule has 1 aromatic rings. The van der Waals surface area contributed by atoms with Crippen molar-refractivity contribution in [2.45, 2.75) is 31.5 Å². The highest BCUT2D eigenvalue weighted by atomic mass is 79.9. The zero-order valence-electron chi connectivity index (χ0n) is 9.95. The van der Waals surface area contributed by atoms with Crippen molar-refractivity contribution < 1.29 is 0 Å². The van der Waals surface area contributed by atoms with Gasteiger partial charge in [0.15, 0.2) is 0 Å². The number of alkyl halides is 1. The van der Waals surface area contributed by atoms with Crippen molar-refractivity contribution in [2.75, 3.05) is 18.0 Å². The van der Waals surface area contributed by atoms with Gasteiger partial charge in [-0.2, -0.15) is 0 Å². The molecule has 1 aliphatic rings. The average Bonchev–Trinajstić information content (AvgIpc) is 2.28. The fourth-order valence-corrected chi connectivity index (χ4v) is 2.79. The van der Waals surface area contributed by atoms with E-state index < -0.39 is 0 Å². The average molecular weight is 282 g/mol. The van der Waals surface area contributed by atoms with Crippen molar-refractivity contribution in [1.82, 2.24) is 0 Å². The number of nitrogens with zero attached hydrogens (tertiary/aromatic N) is 1. The Hall–Kier alpha value is -0.500. The summed E-state index contributed by atoms with van der Waals surface area (Å²) in [5, 5.41) is 0.949. The number of rotatable bonds is 5. The van der Waals surface area contributed by atoms with E-state index in [1.165, 1.54) is 37.1 Å². The number of anilines is 1. The van der Waals surface area contributed by atoms with Gasteiger partial charge in [0.2, 0.25) is 0 Å². The third kappa shape index (κ3) is 2.60. The molecule has 88 valence electrons. The summed E-state index contributed by atoms with van der Waals surface area (Å²) in [6, 6.07) is 8.73. The van der Waals surface area contributed by atoms with Crippen LogP contribution in [0, 0.1) is 5.92 Å². The second-order valence-electron chi connectivity index (χ2n) is 4.60. The minimum Gasteiger partial charge on any atom is -0.371 e. The Kier molecular flexibility index (Phi) is 4.28. The molecule has 0 aromatic heterocycles. The number of hydrogen-bond acceptors (Lipinski definition) is 1. The van der Waals surface area contributed by atoms with Gasteiger partial charge in [-0.05, 0) is 37.3 Å². The summed E-state index contributed by atoms with van der Waals surface area (Å²) in [4.78, 5) is 2.53. The molecule has 0 atom stereocenters. The molecule has 0 amide bonds. The van der Waals surface area contributed by atoms with Gasteiger partial charge in [-0.3, -0.25) is 0 Å². The van der Waals surface area contributed by atoms with Crippen LogP contribution in [0.1, 0.15) is 31.7 Å². The van der Waals surface area contributed by atoms with Gasteiger partial charge in [-0.15, -0.1) is 0 Å². The van der Waals surface area contributed by atoms with Gasteiger partial charge in [0, 0.05) is 24.1 Å². The Morgan fingerprint density at radius 1 is 1.31 bits per heavy atom. The third-order valence-electron chi connectivity index (χ3n) is 3.56. The lowest BCUT2D eigenvalue weighted by Crippen LogP contribution is -2.32. The molecule has 0 bridgehead atoms. The van der Waals surface area contributed by atoms with Gasteiger partial charge in [0.1, 0.15) is 0 Å². The molecule has 1 aromatic carbocycles. The molecular formula is C14H20BrN. The highest BCUT2D eigenvalue weighted by Gasteiger charge is 2.20. The first-order valence-electron chi connectivity index (χ1n) is 6.24. The van der Waals surface area contributed by atoms with Gasteiger partial charge in [-0.1, -0.05) is 40.5 Å². The van der Waals surface area contributed by atoms with Crippen LogP contribution >= 0.6 is 15.9 Å². The predicted molar refractivity (Wildman–Crippen MR) is 74.3 cm³/mol. The summed E-state index contributed by atoms with van der Waals surface area (Å²) in [5.74, 6) is 0.934. The largest absolute Gasteiger partial charge is 0.371 e. The van der Waals surface area contributed by atoms with Gasteiger partial charge in [0.25, 0.3) is 0 Å². The van der Waals surface area contributed by atoms with Crippen molar-refractivity contribution in [3.63, 3.8) is 0 Å². The maximum absolute atomic E-state index is 3.58. The number of hydrogen-bond donors (Lipinski definition) is 0. The highest BCUT2D eigenvalue weighted by molar-refractivity contribution is 9.08. The second-order valence-corrected chi connectivity index (χ2v) is 5.16. The topological polar surface area (TPSA) is 3.24 Å². The number of benzene rings is 1. The molecule has 0 N–H and O–H groups in total. The molecule has 0 unspecified atom stereocenters. The fourth-order valence-electron chi connectivity index (χ4n) is 2.32. The van der Waals surface area contributed by atoms with E-state index in [0.717, 1.165) is 17.8 Å². The Morgan fingerprint density at radius 2 is 2.06 bits per heavy atom. The summed E-state index contributed by atoms with van der Waals surface area (Å²) in [7, 11) is 0. The molecule has 0 saturated heterocycles. The van der Waals surface area contributed by atoms with E-state index in [-0.39, 0.29) is 0 Å². The van der Waals surface area contributed by atoms with Crippen LogP contribution in [0.3, 0.4) is 0 Å². The summed E-state index contributed by atoms with van der Waals surface area (Å²) < 4.78 is 0. The molecular weight excluding hydrogens is 262 g/mol. The Bertz CT molecular complexity index is 333. The Balaban J connectivity index is 2.11. The molecule has 1 nitrogen and oxygen atoms in total. The molecule has 0 spiro atoms. The molecule has 0 heterocycles. The lowest BCUT2D eigenvalue weighted by atomic mass is 9.85. The Labute approximate surface area is 107 Å². The van der Waals surface area contributed by atoms with E-state index in [2.05, 4.69) is 52.0 Å². The van der Waals surface area contributed by atoms with Crippen molar-refractivity contribution in [3.8, 4) is 0 Å². The van der Waals surface area contributed by atoms with E-state index >= 15 is 0 Å². The quantitative estimate of drug-likeness (QED) is 0.731. The van der Waals surface area contributed by atoms with Gasteiger partial charge < -0.3 is 4.90 Å². The van der Waals surface area contributed by atoms with Crippen molar-refractivity contribution in [3.05, 3.63) is 29.8 Å². The van der Waals surface area contributed by atoms with Gasteiger partial charge in [-0.25, -0.2) is 0 Å². The van der Waals surface area contributed by atoms with Crippen molar-refractivity contribution in [2.24, 2.45) is 5.92 Å². The lowest BCUT2D eigenvalue weighted by molar-refractivity contribution is 0.318. The maximum atomic E-state index is 3.58. The van der Waals surface area contributed by atoms with E-state index in [0.29, 0.717) is 0 Å². The molecule has 2 rings (SSSR count). The van der Waals surface area contributed by atoms with Crippen LogP contribution in [-0.2, 0) is 5.33 Å². The van der Waals surface area contributed by atoms with Gasteiger partial charge >= 0.3 is 0 Å². The first-order chi connectivity index (χ1) is 7.85. The second kappa shape index (κ2) is 5.72. The summed E-state index contributed by atoms with van der Waals surface area (Å²) >= 11 is 3.58. The monoisotopic (exact) mass is 281 g/mol. The zero-order valence-corrected chi connectivity index (χ0v) is 11.5. The summed E-state index contributed by atoms with van der Waals surface area (Å²) in [5.41, 5.74) is 2.82. The van der Waals surface area contributed by atoms with E-state index in [9.17, 15) is 0 Å². The molecule has 2 heteroatoms. The standard InChI is InChI=1S/C14H20BrN/c1-2-16(11-12-6-5-7-12)14-9-4-3-8-13(14)10-15/h3-4,8-9,12H,2,5-7,10-11H2,1H3. The molecule has 1 saturated carbocycles. The first kappa shape index (κ1) is 12.0. The molecule has 0 radical (unpaired) electrons. The lowest BCUT2D eigenvalue weighted by Gasteiger charge is -2.34. The van der Waals surface area contributed by atoms with Crippen LogP contribution in [-0.4, -0.2) is 13.1 Å². The minimum absolute atomic E-state index is 0.934. The van der Waals surface area contributed by atoms with E-state index in [1.807, 2.05) is 0 Å². The van der Waals surface area contributed by atoms with Crippen LogP contribution in [0.2, 0.25) is 0 Å². The van der Waals surface area contributed by atoms with E-state index in [4.69, 9.17) is 0 Å². The number of para-hydroxylation sites is 1. The molecule has 1 aliphatic carbocycles. The highest BCUT2D eigenvalue weighted by Crippen LogP contribution is 2.30. The third-order valence-corrected chi connectivity index (χ3v) is 4.17. The molecule has 0 aliphatic heterocycles. The van der Waals surface area contributed by atoms with Crippen LogP contribution in [0.5, 0.6) is 0 Å². The van der Waals surface area contributed by atoms with Crippen LogP contribution in [0.15, 0.2) is 24.3 Å². The first-order valence-corrected chi connectivity index (χ1v) is 7.36. The fraction of sp³-hybridized carbons (Fsp3) is 0.571. The van der Waals surface area contributed by atoms with Crippen LogP contribution < -0.4 is 4.90 Å². The minimum atomic E-state index is 0.934.